The molecule has 0 aliphatic rings. The molecule has 17 heavy (non-hydrogen) atoms. The molecule has 2 aromatic rings. The highest BCUT2D eigenvalue weighted by Crippen LogP contribution is 2.10. The smallest absolute Gasteiger partial charge is 0.116 e. The van der Waals surface area contributed by atoms with E-state index in [2.05, 4.69) is 29.0 Å². The Hall–Kier alpha value is -1.44. The van der Waals surface area contributed by atoms with E-state index in [1.54, 1.807) is 6.33 Å². The molecular formula is C15H26N2. The monoisotopic (exact) mass is 234 g/mol. The summed E-state index contributed by atoms with van der Waals surface area (Å²) in [6, 6.07) is 6.15. The summed E-state index contributed by atoms with van der Waals surface area (Å²) in [5.74, 6) is 0. The largest absolute Gasteiger partial charge is 0.244 e. The summed E-state index contributed by atoms with van der Waals surface area (Å²) in [5.41, 5.74) is 2.25. The van der Waals surface area contributed by atoms with Crippen molar-refractivity contribution in [1.29, 1.82) is 0 Å². The van der Waals surface area contributed by atoms with Gasteiger partial charge < -0.3 is 0 Å². The molecule has 0 bridgehead atoms. The molecule has 1 aromatic heterocycles. The third-order valence-electron chi connectivity index (χ3n) is 1.66. The second-order valence-corrected chi connectivity index (χ2v) is 2.59. The van der Waals surface area contributed by atoms with E-state index in [4.69, 9.17) is 0 Å². The Bertz CT molecular complexity index is 383. The maximum atomic E-state index is 4.13. The maximum Gasteiger partial charge on any atom is 0.116 e. The fourth-order valence-electron chi connectivity index (χ4n) is 1.08. The van der Waals surface area contributed by atoms with E-state index in [-0.39, 0.29) is 0 Å². The fraction of sp³-hybridized carbons (Fsp3) is 0.467. The zero-order valence-electron chi connectivity index (χ0n) is 12.3. The lowest BCUT2D eigenvalue weighted by atomic mass is 10.2. The van der Waals surface area contributed by atoms with Gasteiger partial charge in [-0.05, 0) is 18.6 Å². The van der Waals surface area contributed by atoms with Crippen molar-refractivity contribution in [3.8, 4) is 0 Å². The minimum absolute atomic E-state index is 1.01. The lowest BCUT2D eigenvalue weighted by Gasteiger charge is -1.95. The zero-order chi connectivity index (χ0) is 13.7. The molecule has 0 saturated carbocycles. The zero-order valence-corrected chi connectivity index (χ0v) is 12.3. The fourth-order valence-corrected chi connectivity index (χ4v) is 1.08. The molecule has 0 radical (unpaired) electrons. The molecule has 0 aliphatic carbocycles. The maximum absolute atomic E-state index is 4.13. The van der Waals surface area contributed by atoms with Crippen LogP contribution >= 0.6 is 0 Å². The Kier molecular flexibility index (Phi) is 13.3. The third-order valence-corrected chi connectivity index (χ3v) is 1.66. The van der Waals surface area contributed by atoms with Crippen LogP contribution in [0, 0.1) is 6.92 Å². The second kappa shape index (κ2) is 12.6. The van der Waals surface area contributed by atoms with Crippen LogP contribution in [0.5, 0.6) is 0 Å². The summed E-state index contributed by atoms with van der Waals surface area (Å²) < 4.78 is 0. The summed E-state index contributed by atoms with van der Waals surface area (Å²) in [5, 5.41) is 1.10. The average Bonchev–Trinajstić information content (AvgIpc) is 2.45. The van der Waals surface area contributed by atoms with Crippen LogP contribution in [-0.4, -0.2) is 9.97 Å². The average molecular weight is 234 g/mol. The molecule has 1 heterocycles. The Morgan fingerprint density at radius 2 is 1.47 bits per heavy atom. The van der Waals surface area contributed by atoms with Gasteiger partial charge in [-0.25, -0.2) is 9.97 Å². The summed E-state index contributed by atoms with van der Waals surface area (Å²) >= 11 is 0. The van der Waals surface area contributed by atoms with Crippen molar-refractivity contribution < 1.29 is 0 Å². The van der Waals surface area contributed by atoms with Gasteiger partial charge in [-0.2, -0.15) is 0 Å². The number of aryl methyl sites for hydroxylation is 1. The van der Waals surface area contributed by atoms with E-state index in [0.717, 1.165) is 10.9 Å². The lowest BCUT2D eigenvalue weighted by Crippen LogP contribution is -1.80. The molecule has 96 valence electrons. The van der Waals surface area contributed by atoms with Crippen LogP contribution < -0.4 is 0 Å². The van der Waals surface area contributed by atoms with Gasteiger partial charge in [0.15, 0.2) is 0 Å². The van der Waals surface area contributed by atoms with Crippen LogP contribution in [0.2, 0.25) is 0 Å². The first-order valence-corrected chi connectivity index (χ1v) is 6.52. The van der Waals surface area contributed by atoms with E-state index < -0.39 is 0 Å². The van der Waals surface area contributed by atoms with Gasteiger partial charge in [-0.15, -0.1) is 0 Å². The van der Waals surface area contributed by atoms with Crippen molar-refractivity contribution in [2.75, 3.05) is 0 Å². The van der Waals surface area contributed by atoms with Gasteiger partial charge in [0, 0.05) is 11.6 Å². The number of aromatic nitrogens is 2. The SMILES string of the molecule is CC.CC.CC.Cc1ccc2cncnc2c1. The summed E-state index contributed by atoms with van der Waals surface area (Å²) in [4.78, 5) is 8.06. The molecule has 0 saturated heterocycles. The van der Waals surface area contributed by atoms with Gasteiger partial charge in [0.2, 0.25) is 0 Å². The van der Waals surface area contributed by atoms with Crippen LogP contribution in [0.1, 0.15) is 47.1 Å². The van der Waals surface area contributed by atoms with E-state index in [1.165, 1.54) is 5.56 Å². The molecule has 0 amide bonds. The first-order valence-electron chi connectivity index (χ1n) is 6.52. The highest BCUT2D eigenvalue weighted by Gasteiger charge is 1.91. The van der Waals surface area contributed by atoms with Gasteiger partial charge in [0.1, 0.15) is 6.33 Å². The minimum Gasteiger partial charge on any atom is -0.244 e. The van der Waals surface area contributed by atoms with E-state index >= 15 is 0 Å². The molecule has 0 fully saturated rings. The highest BCUT2D eigenvalue weighted by molar-refractivity contribution is 5.77. The number of benzene rings is 1. The minimum atomic E-state index is 1.01. The molecule has 2 nitrogen and oxygen atoms in total. The molecule has 0 N–H and O–H groups in total. The van der Waals surface area contributed by atoms with Crippen molar-refractivity contribution in [1.82, 2.24) is 9.97 Å². The molecule has 0 atom stereocenters. The molecule has 2 heteroatoms. The normalized spacial score (nSPS) is 7.71. The van der Waals surface area contributed by atoms with Crippen molar-refractivity contribution >= 4 is 10.9 Å². The van der Waals surface area contributed by atoms with Crippen molar-refractivity contribution in [2.24, 2.45) is 0 Å². The van der Waals surface area contributed by atoms with Gasteiger partial charge in [-0.1, -0.05) is 53.7 Å². The van der Waals surface area contributed by atoms with Gasteiger partial charge >= 0.3 is 0 Å². The number of fused-ring (bicyclic) bond motifs is 1. The van der Waals surface area contributed by atoms with Crippen molar-refractivity contribution in [2.45, 2.75) is 48.5 Å². The molecular weight excluding hydrogens is 208 g/mol. The van der Waals surface area contributed by atoms with Crippen LogP contribution in [-0.2, 0) is 0 Å². The predicted molar refractivity (Wildman–Crippen MR) is 78.3 cm³/mol. The number of nitrogens with zero attached hydrogens (tertiary/aromatic N) is 2. The first kappa shape index (κ1) is 17.9. The summed E-state index contributed by atoms with van der Waals surface area (Å²) in [6.45, 7) is 14.1. The molecule has 1 aromatic carbocycles. The van der Waals surface area contributed by atoms with Gasteiger partial charge in [-0.3, -0.25) is 0 Å². The van der Waals surface area contributed by atoms with Crippen LogP contribution in [0.3, 0.4) is 0 Å². The lowest BCUT2D eigenvalue weighted by molar-refractivity contribution is 1.22. The third kappa shape index (κ3) is 6.67. The summed E-state index contributed by atoms with van der Waals surface area (Å²) in [6.07, 6.45) is 3.39. The predicted octanol–water partition coefficient (Wildman–Crippen LogP) is 5.02. The Labute approximate surface area is 106 Å². The molecule has 0 unspecified atom stereocenters. The quantitative estimate of drug-likeness (QED) is 0.640. The summed E-state index contributed by atoms with van der Waals surface area (Å²) in [7, 11) is 0. The van der Waals surface area contributed by atoms with E-state index in [0.29, 0.717) is 0 Å². The Balaban J connectivity index is 0. The van der Waals surface area contributed by atoms with Crippen LogP contribution in [0.4, 0.5) is 0 Å². The Morgan fingerprint density at radius 1 is 0.882 bits per heavy atom. The standard InChI is InChI=1S/C9H8N2.3C2H6/c1-7-2-3-8-5-10-6-11-9(8)4-7;3*1-2/h2-6H,1H3;3*1-2H3. The second-order valence-electron chi connectivity index (χ2n) is 2.59. The van der Waals surface area contributed by atoms with Gasteiger partial charge in [0.25, 0.3) is 0 Å². The molecule has 0 aliphatic heterocycles. The highest BCUT2D eigenvalue weighted by atomic mass is 14.8. The number of rotatable bonds is 0. The Morgan fingerprint density at radius 3 is 2.06 bits per heavy atom. The van der Waals surface area contributed by atoms with Gasteiger partial charge in [0.05, 0.1) is 5.52 Å². The number of hydrogen-bond acceptors (Lipinski definition) is 2. The molecule has 2 rings (SSSR count). The number of hydrogen-bond donors (Lipinski definition) is 0. The topological polar surface area (TPSA) is 25.8 Å². The van der Waals surface area contributed by atoms with E-state index in [9.17, 15) is 0 Å². The van der Waals surface area contributed by atoms with Crippen molar-refractivity contribution in [3.05, 3.63) is 36.3 Å². The molecule has 0 spiro atoms. The van der Waals surface area contributed by atoms with Crippen LogP contribution in [0.15, 0.2) is 30.7 Å². The van der Waals surface area contributed by atoms with Crippen molar-refractivity contribution in [3.63, 3.8) is 0 Å². The first-order chi connectivity index (χ1) is 8.36. The van der Waals surface area contributed by atoms with Crippen LogP contribution in [0.25, 0.3) is 10.9 Å². The van der Waals surface area contributed by atoms with E-state index in [1.807, 2.05) is 53.8 Å².